The molecule has 1 aliphatic rings. The Morgan fingerprint density at radius 2 is 1.84 bits per heavy atom. The van der Waals surface area contributed by atoms with Crippen molar-refractivity contribution in [2.24, 2.45) is 0 Å². The molecule has 3 rings (SSSR count). The zero-order chi connectivity index (χ0) is 27.9. The third-order valence-electron chi connectivity index (χ3n) is 6.67. The molecule has 0 aromatic heterocycles. The topological polar surface area (TPSA) is 119 Å². The normalized spacial score (nSPS) is 18.2. The van der Waals surface area contributed by atoms with Crippen LogP contribution < -0.4 is 10.6 Å². The number of benzene rings is 2. The van der Waals surface area contributed by atoms with Gasteiger partial charge in [-0.2, -0.15) is 0 Å². The number of carbonyl (C=O) groups excluding carboxylic acids is 3. The van der Waals surface area contributed by atoms with Gasteiger partial charge in [0.15, 0.2) is 6.10 Å². The number of amides is 3. The van der Waals surface area contributed by atoms with Crippen molar-refractivity contribution >= 4 is 29.5 Å². The molecule has 0 spiro atoms. The predicted octanol–water partition coefficient (Wildman–Crippen LogP) is 3.17. The number of hydrogen-bond acceptors (Lipinski definition) is 6. The van der Waals surface area contributed by atoms with Crippen molar-refractivity contribution in [1.29, 1.82) is 0 Å². The van der Waals surface area contributed by atoms with Crippen molar-refractivity contribution < 1.29 is 24.6 Å². The number of carbonyl (C=O) groups is 3. The molecule has 8 nitrogen and oxygen atoms in total. The summed E-state index contributed by atoms with van der Waals surface area (Å²) in [5.74, 6) is -1.21. The molecule has 9 heteroatoms. The van der Waals surface area contributed by atoms with Crippen LogP contribution in [0.5, 0.6) is 5.75 Å². The van der Waals surface area contributed by atoms with Gasteiger partial charge in [0.25, 0.3) is 11.8 Å². The zero-order valence-corrected chi connectivity index (χ0v) is 23.1. The maximum absolute atomic E-state index is 13.7. The van der Waals surface area contributed by atoms with Crippen molar-refractivity contribution in [3.05, 3.63) is 77.4 Å². The molecular weight excluding hydrogens is 502 g/mol. The first-order valence-corrected chi connectivity index (χ1v) is 13.7. The minimum Gasteiger partial charge on any atom is -0.508 e. The fourth-order valence-electron chi connectivity index (χ4n) is 4.49. The molecule has 1 unspecified atom stereocenters. The molecule has 204 valence electrons. The van der Waals surface area contributed by atoms with Crippen LogP contribution in [0.4, 0.5) is 0 Å². The van der Waals surface area contributed by atoms with Gasteiger partial charge in [0.1, 0.15) is 11.8 Å². The average molecular weight is 540 g/mol. The van der Waals surface area contributed by atoms with E-state index in [1.807, 2.05) is 63.3 Å². The van der Waals surface area contributed by atoms with Crippen molar-refractivity contribution in [2.45, 2.75) is 63.5 Å². The standard InChI is InChI=1S/C29H37N3O5S/c1-5-6-10-16-30-27(36)25-29(3,4)38-18-32(25)28(37)24(34)22(17-20-12-8-7-9-13-20)31-26(35)21-14-11-15-23(33)19(21)2/h6-15,22,24-25,33-34H,5,16-18H2,1-4H3,(H,30,36)(H,31,35)/b10-6+/t22-,24-,25?/m0/s1. The van der Waals surface area contributed by atoms with Crippen LogP contribution in [0.2, 0.25) is 0 Å². The van der Waals surface area contributed by atoms with E-state index in [1.54, 1.807) is 19.1 Å². The van der Waals surface area contributed by atoms with Crippen LogP contribution >= 0.6 is 11.8 Å². The maximum atomic E-state index is 13.7. The first-order valence-electron chi connectivity index (χ1n) is 12.8. The molecule has 0 bridgehead atoms. The summed E-state index contributed by atoms with van der Waals surface area (Å²) in [7, 11) is 0. The fourth-order valence-corrected chi connectivity index (χ4v) is 5.63. The lowest BCUT2D eigenvalue weighted by Gasteiger charge is -2.33. The molecule has 1 aliphatic heterocycles. The number of aromatic hydroxyl groups is 1. The van der Waals surface area contributed by atoms with E-state index in [1.165, 1.54) is 22.7 Å². The molecule has 0 radical (unpaired) electrons. The van der Waals surface area contributed by atoms with Crippen LogP contribution in [0.25, 0.3) is 0 Å². The van der Waals surface area contributed by atoms with Crippen LogP contribution in [-0.2, 0) is 16.0 Å². The molecule has 0 saturated carbocycles. The minimum atomic E-state index is -1.60. The van der Waals surface area contributed by atoms with Gasteiger partial charge in [0, 0.05) is 22.4 Å². The number of allylic oxidation sites excluding steroid dienone is 1. The molecule has 1 heterocycles. The molecule has 2 aromatic rings. The second-order valence-electron chi connectivity index (χ2n) is 9.88. The summed E-state index contributed by atoms with van der Waals surface area (Å²) < 4.78 is -0.565. The highest BCUT2D eigenvalue weighted by molar-refractivity contribution is 8.00. The minimum absolute atomic E-state index is 0.0205. The van der Waals surface area contributed by atoms with E-state index in [9.17, 15) is 24.6 Å². The average Bonchev–Trinajstić information content (AvgIpc) is 3.22. The van der Waals surface area contributed by atoms with Crippen molar-refractivity contribution in [3.8, 4) is 5.75 Å². The Hall–Kier alpha value is -3.30. The first kappa shape index (κ1) is 29.3. The van der Waals surface area contributed by atoms with Crippen molar-refractivity contribution in [2.75, 3.05) is 12.4 Å². The molecule has 1 saturated heterocycles. The SMILES string of the molecule is CC/C=C/CNC(=O)C1N(C(=O)[C@@H](O)[C@H](Cc2ccccc2)NC(=O)c2cccc(O)c2C)CSC1(C)C. The Kier molecular flexibility index (Phi) is 9.99. The molecule has 38 heavy (non-hydrogen) atoms. The Morgan fingerprint density at radius 3 is 2.53 bits per heavy atom. The maximum Gasteiger partial charge on any atom is 0.254 e. The number of phenolic OH excluding ortho intramolecular Hbond substituents is 1. The van der Waals surface area contributed by atoms with Gasteiger partial charge in [-0.25, -0.2) is 0 Å². The zero-order valence-electron chi connectivity index (χ0n) is 22.3. The lowest BCUT2D eigenvalue weighted by molar-refractivity contribution is -0.147. The monoisotopic (exact) mass is 539 g/mol. The highest BCUT2D eigenvalue weighted by Gasteiger charge is 2.49. The molecule has 0 aliphatic carbocycles. The summed E-state index contributed by atoms with van der Waals surface area (Å²) in [5.41, 5.74) is 1.47. The lowest BCUT2D eigenvalue weighted by atomic mass is 9.96. The number of nitrogens with one attached hydrogen (secondary N) is 2. The number of aliphatic hydroxyl groups excluding tert-OH is 1. The molecule has 2 aromatic carbocycles. The summed E-state index contributed by atoms with van der Waals surface area (Å²) in [6.45, 7) is 7.78. The number of rotatable bonds is 10. The second-order valence-corrected chi connectivity index (χ2v) is 11.5. The number of phenols is 1. The Morgan fingerprint density at radius 1 is 1.13 bits per heavy atom. The van der Waals surface area contributed by atoms with Gasteiger partial charge in [0.2, 0.25) is 5.91 Å². The quantitative estimate of drug-likeness (QED) is 0.345. The first-order chi connectivity index (χ1) is 18.1. The number of aliphatic hydroxyl groups is 1. The molecule has 3 amide bonds. The van der Waals surface area contributed by atoms with Crippen LogP contribution in [0, 0.1) is 6.92 Å². The van der Waals surface area contributed by atoms with Crippen LogP contribution in [-0.4, -0.2) is 68.2 Å². The van der Waals surface area contributed by atoms with Crippen LogP contribution in [0.1, 0.15) is 48.7 Å². The third kappa shape index (κ3) is 6.96. The van der Waals surface area contributed by atoms with Crippen molar-refractivity contribution in [1.82, 2.24) is 15.5 Å². The van der Waals surface area contributed by atoms with Gasteiger partial charge >= 0.3 is 0 Å². The van der Waals surface area contributed by atoms with Gasteiger partial charge in [-0.1, -0.05) is 55.5 Å². The summed E-state index contributed by atoms with van der Waals surface area (Å²) in [6.07, 6.45) is 3.27. The number of thioether (sulfide) groups is 1. The highest BCUT2D eigenvalue weighted by atomic mass is 32.2. The van der Waals surface area contributed by atoms with Crippen LogP contribution in [0.3, 0.4) is 0 Å². The number of nitrogens with zero attached hydrogens (tertiary/aromatic N) is 1. The van der Waals surface area contributed by atoms with E-state index in [0.29, 0.717) is 12.1 Å². The summed E-state index contributed by atoms with van der Waals surface area (Å²) >= 11 is 1.46. The summed E-state index contributed by atoms with van der Waals surface area (Å²) in [6, 6.07) is 12.1. The Bertz CT molecular complexity index is 1170. The van der Waals surface area contributed by atoms with Crippen molar-refractivity contribution in [3.63, 3.8) is 0 Å². The van der Waals surface area contributed by atoms with Gasteiger partial charge in [0.05, 0.1) is 11.9 Å². The van der Waals surface area contributed by atoms with Gasteiger partial charge in [-0.05, 0) is 51.3 Å². The Labute approximate surface area is 228 Å². The molecule has 1 fully saturated rings. The summed E-state index contributed by atoms with van der Waals surface area (Å²) in [4.78, 5) is 41.4. The van der Waals surface area contributed by atoms with Gasteiger partial charge in [-0.3, -0.25) is 14.4 Å². The van der Waals surface area contributed by atoms with E-state index in [2.05, 4.69) is 10.6 Å². The highest BCUT2D eigenvalue weighted by Crippen LogP contribution is 2.39. The largest absolute Gasteiger partial charge is 0.508 e. The van der Waals surface area contributed by atoms with E-state index in [0.717, 1.165) is 12.0 Å². The fraction of sp³-hybridized carbons (Fsp3) is 0.414. The molecular formula is C29H37N3O5S. The predicted molar refractivity (Wildman–Crippen MR) is 150 cm³/mol. The Balaban J connectivity index is 1.85. The third-order valence-corrected chi connectivity index (χ3v) is 8.05. The van der Waals surface area contributed by atoms with E-state index in [-0.39, 0.29) is 29.5 Å². The molecule has 4 N–H and O–H groups in total. The van der Waals surface area contributed by atoms with E-state index in [4.69, 9.17) is 0 Å². The molecule has 3 atom stereocenters. The van der Waals surface area contributed by atoms with E-state index < -0.39 is 34.7 Å². The smallest absolute Gasteiger partial charge is 0.254 e. The summed E-state index contributed by atoms with van der Waals surface area (Å²) in [5, 5.41) is 27.0. The second kappa shape index (κ2) is 13.0. The van der Waals surface area contributed by atoms with Gasteiger partial charge < -0.3 is 25.7 Å². The van der Waals surface area contributed by atoms with Crippen LogP contribution in [0.15, 0.2) is 60.7 Å². The van der Waals surface area contributed by atoms with E-state index >= 15 is 0 Å². The lowest BCUT2D eigenvalue weighted by Crippen LogP contribution is -2.58. The van der Waals surface area contributed by atoms with Gasteiger partial charge in [-0.15, -0.1) is 11.8 Å². The number of hydrogen-bond donors (Lipinski definition) is 4.